The van der Waals surface area contributed by atoms with Gasteiger partial charge in [-0.2, -0.15) is 13.2 Å². The summed E-state index contributed by atoms with van der Waals surface area (Å²) in [7, 11) is 0. The molecule has 0 saturated carbocycles. The Morgan fingerprint density at radius 2 is 2.09 bits per heavy atom. The van der Waals surface area contributed by atoms with Crippen molar-refractivity contribution in [2.75, 3.05) is 0 Å². The quantitative estimate of drug-likeness (QED) is 0.715. The third-order valence-electron chi connectivity index (χ3n) is 3.55. The SMILES string of the molecule is CCc1nc2sc3c(O)cc(=O)[nH]c3c2c(C(F)(F)F)c1C. The van der Waals surface area contributed by atoms with Gasteiger partial charge >= 0.3 is 6.18 Å². The van der Waals surface area contributed by atoms with Crippen LogP contribution in [0, 0.1) is 6.92 Å². The van der Waals surface area contributed by atoms with E-state index in [2.05, 4.69) is 9.97 Å². The van der Waals surface area contributed by atoms with Crippen LogP contribution in [0.15, 0.2) is 10.9 Å². The maximum Gasteiger partial charge on any atom is 0.417 e. The molecular weight excluding hydrogens is 317 g/mol. The van der Waals surface area contributed by atoms with Gasteiger partial charge in [-0.15, -0.1) is 11.3 Å². The van der Waals surface area contributed by atoms with Crippen molar-refractivity contribution in [2.24, 2.45) is 0 Å². The van der Waals surface area contributed by atoms with Crippen molar-refractivity contribution in [1.82, 2.24) is 9.97 Å². The molecule has 0 aromatic carbocycles. The fraction of sp³-hybridized carbons (Fsp3) is 0.286. The lowest BCUT2D eigenvalue weighted by Crippen LogP contribution is -2.12. The molecule has 0 aliphatic carbocycles. The zero-order valence-corrected chi connectivity index (χ0v) is 12.4. The second kappa shape index (κ2) is 4.70. The van der Waals surface area contributed by atoms with E-state index in [4.69, 9.17) is 0 Å². The summed E-state index contributed by atoms with van der Waals surface area (Å²) in [5.41, 5.74) is -1.08. The van der Waals surface area contributed by atoms with Gasteiger partial charge in [-0.3, -0.25) is 4.79 Å². The third-order valence-corrected chi connectivity index (χ3v) is 4.66. The molecule has 0 atom stereocenters. The van der Waals surface area contributed by atoms with Crippen molar-refractivity contribution in [3.8, 4) is 5.75 Å². The van der Waals surface area contributed by atoms with E-state index in [1.807, 2.05) is 0 Å². The smallest absolute Gasteiger partial charge is 0.417 e. The van der Waals surface area contributed by atoms with Crippen LogP contribution in [0.3, 0.4) is 0 Å². The molecule has 0 radical (unpaired) electrons. The molecule has 4 nitrogen and oxygen atoms in total. The highest BCUT2D eigenvalue weighted by atomic mass is 32.1. The van der Waals surface area contributed by atoms with E-state index >= 15 is 0 Å². The number of aryl methyl sites for hydroxylation is 1. The van der Waals surface area contributed by atoms with Crippen LogP contribution in [-0.4, -0.2) is 15.1 Å². The van der Waals surface area contributed by atoms with Crippen molar-refractivity contribution in [3.63, 3.8) is 0 Å². The summed E-state index contributed by atoms with van der Waals surface area (Å²) < 4.78 is 40.8. The van der Waals surface area contributed by atoms with E-state index < -0.39 is 17.3 Å². The number of fused-ring (bicyclic) bond motifs is 3. The average Bonchev–Trinajstić information content (AvgIpc) is 2.75. The molecule has 0 unspecified atom stereocenters. The minimum absolute atomic E-state index is 0.0180. The fourth-order valence-corrected chi connectivity index (χ4v) is 3.69. The van der Waals surface area contributed by atoms with Crippen LogP contribution in [0.4, 0.5) is 13.2 Å². The Hall–Kier alpha value is -2.09. The van der Waals surface area contributed by atoms with Gasteiger partial charge in [0.1, 0.15) is 10.6 Å². The number of hydrogen-bond donors (Lipinski definition) is 2. The Morgan fingerprint density at radius 1 is 1.41 bits per heavy atom. The number of aromatic hydroxyl groups is 1. The highest BCUT2D eigenvalue weighted by Gasteiger charge is 2.37. The molecule has 3 rings (SSSR count). The van der Waals surface area contributed by atoms with Gasteiger partial charge in [-0.25, -0.2) is 4.98 Å². The lowest BCUT2D eigenvalue weighted by molar-refractivity contribution is -0.136. The maximum atomic E-state index is 13.5. The molecule has 2 N–H and O–H groups in total. The van der Waals surface area contributed by atoms with Crippen molar-refractivity contribution < 1.29 is 18.3 Å². The number of H-pyrrole nitrogens is 1. The number of nitrogens with zero attached hydrogens (tertiary/aromatic N) is 1. The Bertz CT molecular complexity index is 957. The number of nitrogens with one attached hydrogen (secondary N) is 1. The van der Waals surface area contributed by atoms with Crippen LogP contribution in [0.25, 0.3) is 20.4 Å². The predicted octanol–water partition coefficient (Wildman–Crippen LogP) is 3.73. The molecule has 8 heteroatoms. The van der Waals surface area contributed by atoms with Gasteiger partial charge in [0, 0.05) is 17.1 Å². The summed E-state index contributed by atoms with van der Waals surface area (Å²) in [5, 5.41) is 9.67. The molecule has 0 bridgehead atoms. The largest absolute Gasteiger partial charge is 0.506 e. The molecular formula is C14H11F3N2O2S. The first-order valence-electron chi connectivity index (χ1n) is 6.49. The van der Waals surface area contributed by atoms with Crippen molar-refractivity contribution in [3.05, 3.63) is 33.2 Å². The number of halogens is 3. The van der Waals surface area contributed by atoms with E-state index in [1.165, 1.54) is 6.92 Å². The number of thiophene rings is 1. The zero-order valence-electron chi connectivity index (χ0n) is 11.6. The molecule has 3 aromatic heterocycles. The van der Waals surface area contributed by atoms with Gasteiger partial charge in [-0.05, 0) is 18.9 Å². The van der Waals surface area contributed by atoms with Crippen molar-refractivity contribution >= 4 is 31.8 Å². The summed E-state index contributed by atoms with van der Waals surface area (Å²) in [4.78, 5) is 18.3. The number of hydrogen-bond acceptors (Lipinski definition) is 4. The van der Waals surface area contributed by atoms with E-state index in [1.54, 1.807) is 6.92 Å². The van der Waals surface area contributed by atoms with Gasteiger partial charge in [-0.1, -0.05) is 6.92 Å². The van der Waals surface area contributed by atoms with Crippen LogP contribution in [0.5, 0.6) is 5.75 Å². The second-order valence-electron chi connectivity index (χ2n) is 4.91. The monoisotopic (exact) mass is 328 g/mol. The van der Waals surface area contributed by atoms with Gasteiger partial charge < -0.3 is 10.1 Å². The minimum Gasteiger partial charge on any atom is -0.506 e. The summed E-state index contributed by atoms with van der Waals surface area (Å²) >= 11 is 0.934. The summed E-state index contributed by atoms with van der Waals surface area (Å²) in [5.74, 6) is -0.342. The number of aromatic nitrogens is 2. The molecule has 0 fully saturated rings. The van der Waals surface area contributed by atoms with E-state index in [0.29, 0.717) is 12.1 Å². The summed E-state index contributed by atoms with van der Waals surface area (Å²) in [6, 6.07) is 0.943. The first kappa shape index (κ1) is 14.8. The maximum absolute atomic E-state index is 13.5. The molecule has 3 aromatic rings. The molecule has 0 saturated heterocycles. The predicted molar refractivity (Wildman–Crippen MR) is 78.5 cm³/mol. The lowest BCUT2D eigenvalue weighted by atomic mass is 10.0. The van der Waals surface area contributed by atoms with Gasteiger partial charge in [0.05, 0.1) is 15.8 Å². The van der Waals surface area contributed by atoms with Crippen LogP contribution in [0.2, 0.25) is 0 Å². The summed E-state index contributed by atoms with van der Waals surface area (Å²) in [6.07, 6.45) is -4.22. The van der Waals surface area contributed by atoms with Crippen molar-refractivity contribution in [2.45, 2.75) is 26.4 Å². The highest BCUT2D eigenvalue weighted by molar-refractivity contribution is 7.25. The Kier molecular flexibility index (Phi) is 3.17. The molecule has 116 valence electrons. The standard InChI is InChI=1S/C14H11F3N2O2S/c1-3-6-5(2)10(14(15,16)17)9-11-12(22-13(9)18-6)7(20)4-8(21)19-11/h4H,3H2,1-2H3,(H2,19,20,21). The normalized spacial score (nSPS) is 12.4. The van der Waals surface area contributed by atoms with Crippen LogP contribution < -0.4 is 5.56 Å². The number of alkyl halides is 3. The lowest BCUT2D eigenvalue weighted by Gasteiger charge is -2.14. The molecule has 3 heterocycles. The van der Waals surface area contributed by atoms with Crippen molar-refractivity contribution in [1.29, 1.82) is 0 Å². The van der Waals surface area contributed by atoms with Crippen LogP contribution in [0.1, 0.15) is 23.7 Å². The Labute approximate surface area is 126 Å². The average molecular weight is 328 g/mol. The molecule has 0 amide bonds. The topological polar surface area (TPSA) is 66.0 Å². The van der Waals surface area contributed by atoms with E-state index in [9.17, 15) is 23.1 Å². The van der Waals surface area contributed by atoms with E-state index in [-0.39, 0.29) is 31.7 Å². The first-order chi connectivity index (χ1) is 10.2. The molecule has 22 heavy (non-hydrogen) atoms. The van der Waals surface area contributed by atoms with E-state index in [0.717, 1.165) is 17.4 Å². The van der Waals surface area contributed by atoms with Gasteiger partial charge in [0.2, 0.25) is 0 Å². The molecule has 0 aliphatic rings. The van der Waals surface area contributed by atoms with Gasteiger partial charge in [0.15, 0.2) is 0 Å². The van der Waals surface area contributed by atoms with Crippen LogP contribution >= 0.6 is 11.3 Å². The molecule has 0 aliphatic heterocycles. The number of pyridine rings is 2. The fourth-order valence-electron chi connectivity index (χ4n) is 2.62. The Balaban J connectivity index is 2.63. The zero-order chi connectivity index (χ0) is 16.2. The number of rotatable bonds is 1. The molecule has 0 spiro atoms. The third kappa shape index (κ3) is 2.06. The van der Waals surface area contributed by atoms with Crippen LogP contribution in [-0.2, 0) is 12.6 Å². The Morgan fingerprint density at radius 3 is 2.68 bits per heavy atom. The highest BCUT2D eigenvalue weighted by Crippen LogP contribution is 2.44. The summed E-state index contributed by atoms with van der Waals surface area (Å²) in [6.45, 7) is 3.10. The minimum atomic E-state index is -4.58. The second-order valence-corrected chi connectivity index (χ2v) is 5.91. The van der Waals surface area contributed by atoms with Gasteiger partial charge in [0.25, 0.3) is 5.56 Å². The number of aromatic amines is 1. The first-order valence-corrected chi connectivity index (χ1v) is 7.30.